The maximum atomic E-state index is 5.96. The Morgan fingerprint density at radius 3 is 2.79 bits per heavy atom. The third kappa shape index (κ3) is 2.55. The van der Waals surface area contributed by atoms with E-state index in [9.17, 15) is 0 Å². The van der Waals surface area contributed by atoms with Crippen LogP contribution in [0.3, 0.4) is 0 Å². The van der Waals surface area contributed by atoms with E-state index in [4.69, 9.17) is 5.73 Å². The van der Waals surface area contributed by atoms with Gasteiger partial charge in [0, 0.05) is 23.1 Å². The zero-order valence-corrected chi connectivity index (χ0v) is 13.2. The average molecular weight is 323 g/mol. The van der Waals surface area contributed by atoms with Crippen molar-refractivity contribution in [3.05, 3.63) is 28.2 Å². The van der Waals surface area contributed by atoms with Crippen molar-refractivity contribution in [3.8, 4) is 0 Å². The van der Waals surface area contributed by atoms with Crippen LogP contribution < -0.4 is 10.6 Å². The molecular formula is C16H23BrN2. The van der Waals surface area contributed by atoms with Gasteiger partial charge in [-0.15, -0.1) is 0 Å². The highest BCUT2D eigenvalue weighted by Gasteiger charge is 2.35. The summed E-state index contributed by atoms with van der Waals surface area (Å²) >= 11 is 3.75. The van der Waals surface area contributed by atoms with Gasteiger partial charge in [-0.1, -0.05) is 12.5 Å². The molecule has 1 aliphatic carbocycles. The van der Waals surface area contributed by atoms with E-state index >= 15 is 0 Å². The molecule has 0 amide bonds. The number of anilines is 1. The first-order valence-corrected chi connectivity index (χ1v) is 8.28. The topological polar surface area (TPSA) is 29.3 Å². The number of rotatable bonds is 2. The normalized spacial score (nSPS) is 28.3. The lowest BCUT2D eigenvalue weighted by molar-refractivity contribution is 0.362. The van der Waals surface area contributed by atoms with E-state index in [1.807, 2.05) is 6.92 Å². The first-order chi connectivity index (χ1) is 9.16. The van der Waals surface area contributed by atoms with Crippen LogP contribution in [0, 0.1) is 5.92 Å². The van der Waals surface area contributed by atoms with Crippen LogP contribution in [0.2, 0.25) is 0 Å². The highest BCUT2D eigenvalue weighted by molar-refractivity contribution is 9.10. The fourth-order valence-corrected chi connectivity index (χ4v) is 4.42. The number of piperidine rings is 1. The summed E-state index contributed by atoms with van der Waals surface area (Å²) in [5.41, 5.74) is 8.53. The SMILES string of the molecule is CC(N)c1ccc(N2CCCC3CCCC32)c(Br)c1. The van der Waals surface area contributed by atoms with Gasteiger partial charge < -0.3 is 10.6 Å². The molecule has 0 spiro atoms. The molecule has 1 aromatic rings. The van der Waals surface area contributed by atoms with Crippen LogP contribution in [0.25, 0.3) is 0 Å². The van der Waals surface area contributed by atoms with Crippen molar-refractivity contribution < 1.29 is 0 Å². The molecule has 1 saturated heterocycles. The zero-order chi connectivity index (χ0) is 13.4. The maximum Gasteiger partial charge on any atom is 0.0513 e. The summed E-state index contributed by atoms with van der Waals surface area (Å²) in [7, 11) is 0. The highest BCUT2D eigenvalue weighted by Crippen LogP contribution is 2.41. The van der Waals surface area contributed by atoms with E-state index in [0.717, 1.165) is 12.0 Å². The molecule has 3 rings (SSSR count). The quantitative estimate of drug-likeness (QED) is 0.882. The number of nitrogens with two attached hydrogens (primary N) is 1. The number of fused-ring (bicyclic) bond motifs is 1. The molecule has 2 aliphatic rings. The molecule has 19 heavy (non-hydrogen) atoms. The molecule has 0 bridgehead atoms. The lowest BCUT2D eigenvalue weighted by Crippen LogP contribution is -2.42. The summed E-state index contributed by atoms with van der Waals surface area (Å²) in [4.78, 5) is 2.64. The molecule has 0 aromatic heterocycles. The Balaban J connectivity index is 1.88. The number of benzene rings is 1. The minimum atomic E-state index is 0.103. The van der Waals surface area contributed by atoms with Gasteiger partial charge in [-0.2, -0.15) is 0 Å². The van der Waals surface area contributed by atoms with Gasteiger partial charge in [0.15, 0.2) is 0 Å². The predicted molar refractivity (Wildman–Crippen MR) is 84.5 cm³/mol. The molecule has 104 valence electrons. The number of hydrogen-bond acceptors (Lipinski definition) is 2. The summed E-state index contributed by atoms with van der Waals surface area (Å²) in [6.45, 7) is 3.24. The van der Waals surface area contributed by atoms with Crippen LogP contribution >= 0.6 is 15.9 Å². The van der Waals surface area contributed by atoms with E-state index in [-0.39, 0.29) is 6.04 Å². The maximum absolute atomic E-state index is 5.96. The third-order valence-corrected chi connectivity index (χ3v) is 5.44. The molecule has 1 aliphatic heterocycles. The second-order valence-electron chi connectivity index (χ2n) is 6.09. The molecule has 2 N–H and O–H groups in total. The Hall–Kier alpha value is -0.540. The van der Waals surface area contributed by atoms with Crippen LogP contribution in [0.5, 0.6) is 0 Å². The van der Waals surface area contributed by atoms with Gasteiger partial charge in [0.25, 0.3) is 0 Å². The molecular weight excluding hydrogens is 300 g/mol. The first kappa shape index (κ1) is 13.4. The summed E-state index contributed by atoms with van der Waals surface area (Å²) < 4.78 is 1.20. The Kier molecular flexibility index (Phi) is 3.86. The largest absolute Gasteiger partial charge is 0.367 e. The lowest BCUT2D eigenvalue weighted by atomic mass is 9.91. The van der Waals surface area contributed by atoms with Crippen molar-refractivity contribution in [3.63, 3.8) is 0 Å². The Morgan fingerprint density at radius 1 is 1.26 bits per heavy atom. The van der Waals surface area contributed by atoms with Gasteiger partial charge in [-0.3, -0.25) is 0 Å². The van der Waals surface area contributed by atoms with Crippen molar-refractivity contribution in [1.82, 2.24) is 0 Å². The van der Waals surface area contributed by atoms with E-state index in [1.165, 1.54) is 54.4 Å². The van der Waals surface area contributed by atoms with Gasteiger partial charge in [0.05, 0.1) is 5.69 Å². The summed E-state index contributed by atoms with van der Waals surface area (Å²) in [6, 6.07) is 7.50. The molecule has 3 atom stereocenters. The van der Waals surface area contributed by atoms with Gasteiger partial charge in [-0.25, -0.2) is 0 Å². The molecule has 2 nitrogen and oxygen atoms in total. The van der Waals surface area contributed by atoms with Gasteiger partial charge in [0.1, 0.15) is 0 Å². The fourth-order valence-electron chi connectivity index (χ4n) is 3.79. The van der Waals surface area contributed by atoms with Crippen molar-refractivity contribution >= 4 is 21.6 Å². The Morgan fingerprint density at radius 2 is 2.05 bits per heavy atom. The zero-order valence-electron chi connectivity index (χ0n) is 11.6. The highest BCUT2D eigenvalue weighted by atomic mass is 79.9. The Bertz CT molecular complexity index is 458. The van der Waals surface area contributed by atoms with E-state index < -0.39 is 0 Å². The Labute approximate surface area is 124 Å². The van der Waals surface area contributed by atoms with Crippen molar-refractivity contribution in [2.75, 3.05) is 11.4 Å². The summed E-state index contributed by atoms with van der Waals surface area (Å²) in [5, 5.41) is 0. The van der Waals surface area contributed by atoms with Crippen LogP contribution in [-0.2, 0) is 0 Å². The first-order valence-electron chi connectivity index (χ1n) is 7.48. The monoisotopic (exact) mass is 322 g/mol. The number of hydrogen-bond donors (Lipinski definition) is 1. The van der Waals surface area contributed by atoms with Crippen molar-refractivity contribution in [1.29, 1.82) is 0 Å². The van der Waals surface area contributed by atoms with Gasteiger partial charge in [-0.05, 0) is 72.2 Å². The van der Waals surface area contributed by atoms with Crippen LogP contribution in [0.1, 0.15) is 50.6 Å². The number of halogens is 1. The van der Waals surface area contributed by atoms with Crippen LogP contribution in [0.4, 0.5) is 5.69 Å². The second-order valence-corrected chi connectivity index (χ2v) is 6.95. The molecule has 3 unspecified atom stereocenters. The summed E-state index contributed by atoms with van der Waals surface area (Å²) in [5.74, 6) is 0.925. The molecule has 1 heterocycles. The van der Waals surface area contributed by atoms with Crippen LogP contribution in [-0.4, -0.2) is 12.6 Å². The number of nitrogens with zero attached hydrogens (tertiary/aromatic N) is 1. The smallest absolute Gasteiger partial charge is 0.0513 e. The van der Waals surface area contributed by atoms with Gasteiger partial charge in [0.2, 0.25) is 0 Å². The minimum Gasteiger partial charge on any atom is -0.367 e. The molecule has 2 fully saturated rings. The van der Waals surface area contributed by atoms with Crippen LogP contribution in [0.15, 0.2) is 22.7 Å². The molecule has 0 radical (unpaired) electrons. The molecule has 1 saturated carbocycles. The van der Waals surface area contributed by atoms with Gasteiger partial charge >= 0.3 is 0 Å². The van der Waals surface area contributed by atoms with Crippen molar-refractivity contribution in [2.24, 2.45) is 11.7 Å². The lowest BCUT2D eigenvalue weighted by Gasteiger charge is -2.40. The minimum absolute atomic E-state index is 0.103. The third-order valence-electron chi connectivity index (χ3n) is 4.80. The standard InChI is InChI=1S/C16H23BrN2/c1-11(18)13-7-8-16(14(17)10-13)19-9-3-5-12-4-2-6-15(12)19/h7-8,10-12,15H,2-6,9,18H2,1H3. The van der Waals surface area contributed by atoms with E-state index in [0.29, 0.717) is 0 Å². The molecule has 3 heteroatoms. The van der Waals surface area contributed by atoms with E-state index in [2.05, 4.69) is 39.0 Å². The summed E-state index contributed by atoms with van der Waals surface area (Å²) in [6.07, 6.45) is 6.96. The predicted octanol–water partition coefficient (Wildman–Crippen LogP) is 4.24. The van der Waals surface area contributed by atoms with E-state index in [1.54, 1.807) is 0 Å². The average Bonchev–Trinajstić information content (AvgIpc) is 2.86. The second kappa shape index (κ2) is 5.45. The van der Waals surface area contributed by atoms with Crippen molar-refractivity contribution in [2.45, 2.75) is 51.1 Å². The fraction of sp³-hybridized carbons (Fsp3) is 0.625. The molecule has 1 aromatic carbocycles.